The molecule has 6 aromatic rings. The van der Waals surface area contributed by atoms with Crippen molar-refractivity contribution >= 4 is 22.1 Å². The number of phenolic OH excluding ortho intramolecular Hbond substituents is 2. The number of fused-ring (bicyclic) bond motifs is 2. The van der Waals surface area contributed by atoms with E-state index in [4.69, 9.17) is 0 Å². The summed E-state index contributed by atoms with van der Waals surface area (Å²) in [6.07, 6.45) is 0.577. The largest absolute Gasteiger partial charge is 0.506 e. The third-order valence-electron chi connectivity index (χ3n) is 5.72. The highest BCUT2D eigenvalue weighted by Crippen LogP contribution is 2.29. The van der Waals surface area contributed by atoms with Gasteiger partial charge in [-0.2, -0.15) is 0 Å². The van der Waals surface area contributed by atoms with Gasteiger partial charge in [-0.1, -0.05) is 59.0 Å². The van der Waals surface area contributed by atoms with Crippen LogP contribution in [0.1, 0.15) is 11.1 Å². The summed E-state index contributed by atoms with van der Waals surface area (Å²) in [5.74, 6) is 0.278. The summed E-state index contributed by atoms with van der Waals surface area (Å²) < 4.78 is 3.28. The highest BCUT2D eigenvalue weighted by Gasteiger charge is 2.16. The topological polar surface area (TPSA) is 102 Å². The van der Waals surface area contributed by atoms with Gasteiger partial charge in [0.15, 0.2) is 0 Å². The van der Waals surface area contributed by atoms with Crippen LogP contribution in [-0.2, 0) is 6.42 Å². The van der Waals surface area contributed by atoms with Gasteiger partial charge in [0.05, 0.1) is 11.0 Å². The summed E-state index contributed by atoms with van der Waals surface area (Å²) in [5, 5.41) is 37.9. The van der Waals surface area contributed by atoms with Crippen molar-refractivity contribution in [2.75, 3.05) is 0 Å². The summed E-state index contributed by atoms with van der Waals surface area (Å²) in [6, 6.07) is 25.9. The van der Waals surface area contributed by atoms with Crippen molar-refractivity contribution in [2.45, 2.75) is 6.42 Å². The monoisotopic (exact) mass is 434 g/mol. The van der Waals surface area contributed by atoms with Gasteiger partial charge in [-0.3, -0.25) is 0 Å². The molecule has 8 nitrogen and oxygen atoms in total. The average molecular weight is 434 g/mol. The lowest BCUT2D eigenvalue weighted by Crippen LogP contribution is -1.97. The first-order valence-corrected chi connectivity index (χ1v) is 10.4. The van der Waals surface area contributed by atoms with Crippen LogP contribution in [0, 0.1) is 0 Å². The predicted octanol–water partition coefficient (Wildman–Crippen LogP) is 4.16. The standard InChI is InChI=1S/C25H18N6O2/c32-22-13-3-1-9-18(22)30-20-11-5-7-16(24(20)26-28-30)15-17-8-6-12-21-25(17)27-29-31(21)19-10-2-4-14-23(19)33/h1-14,32-33H,15H2. The first-order chi connectivity index (χ1) is 16.2. The van der Waals surface area contributed by atoms with E-state index >= 15 is 0 Å². The number of phenols is 2. The van der Waals surface area contributed by atoms with Crippen LogP contribution in [-0.4, -0.2) is 40.2 Å². The Balaban J connectivity index is 1.44. The maximum atomic E-state index is 10.3. The van der Waals surface area contributed by atoms with Crippen LogP contribution in [0.4, 0.5) is 0 Å². The molecule has 8 heteroatoms. The van der Waals surface area contributed by atoms with E-state index in [-0.39, 0.29) is 11.5 Å². The second kappa shape index (κ2) is 7.45. The van der Waals surface area contributed by atoms with E-state index < -0.39 is 0 Å². The van der Waals surface area contributed by atoms with Crippen LogP contribution in [0.5, 0.6) is 11.5 Å². The molecule has 4 aromatic carbocycles. The molecule has 0 bridgehead atoms. The van der Waals surface area contributed by atoms with Gasteiger partial charge in [0, 0.05) is 6.42 Å². The van der Waals surface area contributed by atoms with Crippen molar-refractivity contribution in [1.29, 1.82) is 0 Å². The molecular formula is C25H18N6O2. The normalized spacial score (nSPS) is 11.4. The molecule has 0 aliphatic heterocycles. The molecule has 0 saturated carbocycles. The van der Waals surface area contributed by atoms with Crippen LogP contribution >= 0.6 is 0 Å². The minimum absolute atomic E-state index is 0.139. The van der Waals surface area contributed by atoms with Gasteiger partial charge in [-0.15, -0.1) is 10.2 Å². The summed E-state index contributed by atoms with van der Waals surface area (Å²) >= 11 is 0. The minimum Gasteiger partial charge on any atom is -0.506 e. The van der Waals surface area contributed by atoms with Crippen LogP contribution < -0.4 is 0 Å². The second-order valence-corrected chi connectivity index (χ2v) is 7.73. The Hall–Kier alpha value is -4.72. The summed E-state index contributed by atoms with van der Waals surface area (Å²) in [7, 11) is 0. The molecule has 0 aliphatic carbocycles. The van der Waals surface area contributed by atoms with Crippen molar-refractivity contribution in [3.63, 3.8) is 0 Å². The number of hydrogen-bond donors (Lipinski definition) is 2. The highest BCUT2D eigenvalue weighted by atomic mass is 16.3. The molecular weight excluding hydrogens is 416 g/mol. The molecule has 2 heterocycles. The number of hydrogen-bond acceptors (Lipinski definition) is 6. The van der Waals surface area contributed by atoms with Gasteiger partial charge in [-0.25, -0.2) is 9.36 Å². The minimum atomic E-state index is 0.139. The molecule has 0 aliphatic rings. The number of rotatable bonds is 4. The first-order valence-electron chi connectivity index (χ1n) is 10.4. The maximum absolute atomic E-state index is 10.3. The number of aromatic hydroxyl groups is 2. The van der Waals surface area contributed by atoms with Gasteiger partial charge < -0.3 is 10.2 Å². The van der Waals surface area contributed by atoms with Gasteiger partial charge in [0.25, 0.3) is 0 Å². The zero-order valence-electron chi connectivity index (χ0n) is 17.4. The van der Waals surface area contributed by atoms with E-state index in [0.717, 1.165) is 33.2 Å². The molecule has 0 amide bonds. The fourth-order valence-electron chi connectivity index (χ4n) is 4.14. The summed E-state index contributed by atoms with van der Waals surface area (Å²) in [4.78, 5) is 0. The Bertz CT molecular complexity index is 1510. The van der Waals surface area contributed by atoms with Gasteiger partial charge in [-0.05, 0) is 47.5 Å². The molecule has 0 unspecified atom stereocenters. The molecule has 2 aromatic heterocycles. The average Bonchev–Trinajstić information content (AvgIpc) is 3.46. The molecule has 2 N–H and O–H groups in total. The number of benzene rings is 4. The Kier molecular flexibility index (Phi) is 4.29. The van der Waals surface area contributed by atoms with Crippen molar-refractivity contribution in [3.05, 3.63) is 96.1 Å². The van der Waals surface area contributed by atoms with E-state index in [9.17, 15) is 10.2 Å². The quantitative estimate of drug-likeness (QED) is 0.432. The van der Waals surface area contributed by atoms with Crippen molar-refractivity contribution in [1.82, 2.24) is 30.0 Å². The molecule has 0 atom stereocenters. The Morgan fingerprint density at radius 3 is 1.45 bits per heavy atom. The van der Waals surface area contributed by atoms with Crippen molar-refractivity contribution in [3.8, 4) is 22.9 Å². The molecule has 0 saturated heterocycles. The second-order valence-electron chi connectivity index (χ2n) is 7.73. The van der Waals surface area contributed by atoms with Crippen LogP contribution in [0.25, 0.3) is 33.4 Å². The van der Waals surface area contributed by atoms with Gasteiger partial charge in [0.1, 0.15) is 33.9 Å². The maximum Gasteiger partial charge on any atom is 0.141 e. The molecule has 6 rings (SSSR count). The fraction of sp³-hybridized carbons (Fsp3) is 0.0400. The molecule has 0 radical (unpaired) electrons. The Labute approximate surface area is 188 Å². The van der Waals surface area contributed by atoms with E-state index in [1.54, 1.807) is 45.8 Å². The smallest absolute Gasteiger partial charge is 0.141 e. The Morgan fingerprint density at radius 1 is 0.545 bits per heavy atom. The van der Waals surface area contributed by atoms with Crippen molar-refractivity contribution in [2.24, 2.45) is 0 Å². The zero-order chi connectivity index (χ0) is 22.4. The Morgan fingerprint density at radius 2 is 1.00 bits per heavy atom. The highest BCUT2D eigenvalue weighted by molar-refractivity contribution is 5.83. The summed E-state index contributed by atoms with van der Waals surface area (Å²) in [5.41, 5.74) is 6.24. The van der Waals surface area contributed by atoms with Gasteiger partial charge in [0.2, 0.25) is 0 Å². The molecule has 160 valence electrons. The van der Waals surface area contributed by atoms with E-state index in [1.165, 1.54) is 0 Å². The number of para-hydroxylation sites is 4. The van der Waals surface area contributed by atoms with E-state index in [1.807, 2.05) is 48.5 Å². The summed E-state index contributed by atoms with van der Waals surface area (Å²) in [6.45, 7) is 0. The lowest BCUT2D eigenvalue weighted by Gasteiger charge is -2.07. The predicted molar refractivity (Wildman–Crippen MR) is 124 cm³/mol. The lowest BCUT2D eigenvalue weighted by molar-refractivity contribution is 0.470. The van der Waals surface area contributed by atoms with Crippen LogP contribution in [0.15, 0.2) is 84.9 Å². The third kappa shape index (κ3) is 3.08. The lowest BCUT2D eigenvalue weighted by atomic mass is 10.0. The van der Waals surface area contributed by atoms with E-state index in [0.29, 0.717) is 17.8 Å². The number of aromatic nitrogens is 6. The zero-order valence-corrected chi connectivity index (χ0v) is 17.4. The van der Waals surface area contributed by atoms with E-state index in [2.05, 4.69) is 20.6 Å². The molecule has 0 fully saturated rings. The van der Waals surface area contributed by atoms with Crippen LogP contribution in [0.3, 0.4) is 0 Å². The first kappa shape index (κ1) is 19.0. The third-order valence-corrected chi connectivity index (χ3v) is 5.72. The van der Waals surface area contributed by atoms with Crippen LogP contribution in [0.2, 0.25) is 0 Å². The van der Waals surface area contributed by atoms with Gasteiger partial charge >= 0.3 is 0 Å². The van der Waals surface area contributed by atoms with Crippen molar-refractivity contribution < 1.29 is 10.2 Å². The fourth-order valence-corrected chi connectivity index (χ4v) is 4.14. The molecule has 0 spiro atoms. The number of nitrogens with zero attached hydrogens (tertiary/aromatic N) is 6. The SMILES string of the molecule is Oc1ccccc1-n1nnc2c(Cc3cccc4c3nnn4-c3ccccc3O)cccc21. The molecule has 33 heavy (non-hydrogen) atoms.